The van der Waals surface area contributed by atoms with Gasteiger partial charge in [-0.25, -0.2) is 0 Å². The molecule has 24 heteroatoms. The van der Waals surface area contributed by atoms with Crippen LogP contribution in [-0.4, -0.2) is 154 Å². The molecule has 58 heavy (non-hydrogen) atoms. The third kappa shape index (κ3) is 19.4. The molecule has 0 aliphatic heterocycles. The van der Waals surface area contributed by atoms with E-state index in [4.69, 9.17) is 37.9 Å². The van der Waals surface area contributed by atoms with Gasteiger partial charge < -0.3 is 43.2 Å². The van der Waals surface area contributed by atoms with Gasteiger partial charge in [0.25, 0.3) is 0 Å². The summed E-state index contributed by atoms with van der Waals surface area (Å²) in [6.07, 6.45) is -9.00. The fraction of sp³-hybridized carbons (Fsp3) is 0.941. The first-order valence-electron chi connectivity index (χ1n) is 18.0. The van der Waals surface area contributed by atoms with Crippen LogP contribution >= 0.6 is 0 Å². The zero-order valence-corrected chi connectivity index (χ0v) is 33.3. The van der Waals surface area contributed by atoms with Gasteiger partial charge in [-0.05, 0) is 12.8 Å². The molecule has 0 radical (unpaired) electrons. The van der Waals surface area contributed by atoms with E-state index in [1.54, 1.807) is 12.4 Å². The standard InChI is InChI=1S/C20H40O9.C14H16F13NO/c1-4-19(2)20(21)29-18-17-28-16-15-27-14-13-26-12-11-25-10-9-24-8-7-23-6-5-22-3;1-4-8(2,3)7(29)28-6-5-9(15,16)10(17,18)11(19,20)12(21,22)13(23,24)14(25,26)27/h19H,4-18H2,1-3H3;4-6H2,1-3H3,(H,28,29). The summed E-state index contributed by atoms with van der Waals surface area (Å²) in [5.41, 5.74) is -1.22. The fourth-order valence-electron chi connectivity index (χ4n) is 3.55. The Morgan fingerprint density at radius 1 is 0.534 bits per heavy atom. The number of rotatable bonds is 32. The lowest BCUT2D eigenvalue weighted by atomic mass is 9.89. The van der Waals surface area contributed by atoms with E-state index in [-0.39, 0.29) is 24.9 Å². The average molecular weight is 886 g/mol. The Hall–Kier alpha value is -2.25. The van der Waals surface area contributed by atoms with Crippen LogP contribution < -0.4 is 5.32 Å². The van der Waals surface area contributed by atoms with Gasteiger partial charge in [0.2, 0.25) is 5.91 Å². The van der Waals surface area contributed by atoms with E-state index in [2.05, 4.69) is 0 Å². The number of hydrogen-bond donors (Lipinski definition) is 1. The number of esters is 1. The molecule has 0 heterocycles. The summed E-state index contributed by atoms with van der Waals surface area (Å²) >= 11 is 0. The number of alkyl halides is 13. The summed E-state index contributed by atoms with van der Waals surface area (Å²) in [7, 11) is 1.64. The normalized spacial score (nSPS) is 13.8. The van der Waals surface area contributed by atoms with Crippen LogP contribution in [0.4, 0.5) is 57.1 Å². The maximum Gasteiger partial charge on any atom is 0.460 e. The monoisotopic (exact) mass is 885 g/mol. The predicted octanol–water partition coefficient (Wildman–Crippen LogP) is 6.99. The van der Waals surface area contributed by atoms with Crippen molar-refractivity contribution < 1.29 is 105 Å². The van der Waals surface area contributed by atoms with Crippen LogP contribution in [-0.2, 0) is 47.5 Å². The van der Waals surface area contributed by atoms with Gasteiger partial charge >= 0.3 is 41.8 Å². The summed E-state index contributed by atoms with van der Waals surface area (Å²) in [5.74, 6) is -38.2. The number of hydrogen-bond acceptors (Lipinski definition) is 10. The summed E-state index contributed by atoms with van der Waals surface area (Å²) in [6.45, 7) is 13.3. The van der Waals surface area contributed by atoms with Crippen LogP contribution in [0.2, 0.25) is 0 Å². The minimum Gasteiger partial charge on any atom is -0.463 e. The van der Waals surface area contributed by atoms with E-state index in [1.807, 2.05) is 13.8 Å². The van der Waals surface area contributed by atoms with E-state index in [1.165, 1.54) is 20.8 Å². The van der Waals surface area contributed by atoms with Crippen LogP contribution in [0.1, 0.15) is 53.9 Å². The SMILES string of the molecule is CCC(C)(C)C(=O)NCCC(F)(F)C(F)(F)C(F)(F)C(F)(F)C(F)(F)C(F)(F)F.CCC(C)C(=O)OCCOCCOCCOCCOCCOCCOCCOC. The molecule has 1 unspecified atom stereocenters. The van der Waals surface area contributed by atoms with Gasteiger partial charge in [-0.3, -0.25) is 9.59 Å². The van der Waals surface area contributed by atoms with Gasteiger partial charge in [0.1, 0.15) is 6.61 Å². The highest BCUT2D eigenvalue weighted by molar-refractivity contribution is 5.81. The molecule has 0 aromatic heterocycles. The Bertz CT molecular complexity index is 1120. The van der Waals surface area contributed by atoms with Crippen LogP contribution in [0.25, 0.3) is 0 Å². The van der Waals surface area contributed by atoms with Crippen molar-refractivity contribution in [3.8, 4) is 0 Å². The molecule has 0 aromatic rings. The van der Waals surface area contributed by atoms with Gasteiger partial charge in [-0.15, -0.1) is 0 Å². The van der Waals surface area contributed by atoms with Crippen molar-refractivity contribution in [1.29, 1.82) is 0 Å². The number of carbonyl (C=O) groups is 2. The second-order valence-electron chi connectivity index (χ2n) is 12.9. The molecule has 0 fully saturated rings. The van der Waals surface area contributed by atoms with Crippen molar-refractivity contribution >= 4 is 11.9 Å². The van der Waals surface area contributed by atoms with E-state index >= 15 is 0 Å². The minimum absolute atomic E-state index is 0.0616. The molecule has 1 atom stereocenters. The third-order valence-corrected chi connectivity index (χ3v) is 8.00. The quantitative estimate of drug-likeness (QED) is 0.0431. The molecule has 348 valence electrons. The first-order valence-corrected chi connectivity index (χ1v) is 18.0. The highest BCUT2D eigenvalue weighted by Gasteiger charge is 2.90. The predicted molar refractivity (Wildman–Crippen MR) is 180 cm³/mol. The van der Waals surface area contributed by atoms with Gasteiger partial charge in [0.05, 0.1) is 91.8 Å². The molecule has 0 spiro atoms. The molecule has 1 amide bonds. The molecule has 0 aliphatic carbocycles. The lowest BCUT2D eigenvalue weighted by Gasteiger charge is -2.39. The molecule has 11 nitrogen and oxygen atoms in total. The number of methoxy groups -OCH3 is 1. The van der Waals surface area contributed by atoms with E-state index < -0.39 is 60.1 Å². The second kappa shape index (κ2) is 27.6. The summed E-state index contributed by atoms with van der Waals surface area (Å²) in [4.78, 5) is 23.0. The molecule has 0 saturated heterocycles. The van der Waals surface area contributed by atoms with Crippen molar-refractivity contribution in [2.45, 2.75) is 89.7 Å². The van der Waals surface area contributed by atoms with Crippen LogP contribution in [0.15, 0.2) is 0 Å². The highest BCUT2D eigenvalue weighted by atomic mass is 19.4. The van der Waals surface area contributed by atoms with E-state index in [9.17, 15) is 66.7 Å². The number of amides is 1. The van der Waals surface area contributed by atoms with E-state index in [0.717, 1.165) is 6.42 Å². The molecular weight excluding hydrogens is 829 g/mol. The molecule has 0 aliphatic rings. The largest absolute Gasteiger partial charge is 0.463 e. The molecule has 1 N–H and O–H groups in total. The fourth-order valence-corrected chi connectivity index (χ4v) is 3.55. The summed E-state index contributed by atoms with van der Waals surface area (Å²) in [6, 6.07) is 0. The molecule has 0 aromatic carbocycles. The smallest absolute Gasteiger partial charge is 0.460 e. The summed E-state index contributed by atoms with van der Waals surface area (Å²) < 4.78 is 210. The number of halogens is 13. The topological polar surface area (TPSA) is 120 Å². The van der Waals surface area contributed by atoms with Crippen molar-refractivity contribution in [1.82, 2.24) is 5.32 Å². The van der Waals surface area contributed by atoms with Crippen molar-refractivity contribution in [3.05, 3.63) is 0 Å². The Labute approximate surface area is 329 Å². The van der Waals surface area contributed by atoms with Gasteiger partial charge in [0, 0.05) is 25.5 Å². The molecule has 0 bridgehead atoms. The van der Waals surface area contributed by atoms with Gasteiger partial charge in [-0.2, -0.15) is 57.1 Å². The lowest BCUT2D eigenvalue weighted by Crippen LogP contribution is -2.70. The van der Waals surface area contributed by atoms with Crippen LogP contribution in [0.3, 0.4) is 0 Å². The van der Waals surface area contributed by atoms with Crippen molar-refractivity contribution in [2.24, 2.45) is 11.3 Å². The zero-order chi connectivity index (χ0) is 45.3. The Balaban J connectivity index is 0. The molecule has 0 saturated carbocycles. The second-order valence-corrected chi connectivity index (χ2v) is 12.9. The van der Waals surface area contributed by atoms with Crippen molar-refractivity contribution in [2.75, 3.05) is 106 Å². The van der Waals surface area contributed by atoms with E-state index in [0.29, 0.717) is 85.9 Å². The average Bonchev–Trinajstić information content (AvgIpc) is 3.14. The van der Waals surface area contributed by atoms with Crippen LogP contribution in [0, 0.1) is 11.3 Å². The first-order chi connectivity index (χ1) is 26.7. The van der Waals surface area contributed by atoms with Gasteiger partial charge in [0.15, 0.2) is 0 Å². The van der Waals surface area contributed by atoms with Crippen LogP contribution in [0.5, 0.6) is 0 Å². The molecule has 0 rings (SSSR count). The first kappa shape index (κ1) is 57.8. The Kier molecular flexibility index (Phi) is 27.5. The Morgan fingerprint density at radius 2 is 0.879 bits per heavy atom. The minimum atomic E-state index is -7.92. The van der Waals surface area contributed by atoms with Crippen molar-refractivity contribution in [3.63, 3.8) is 0 Å². The maximum atomic E-state index is 13.5. The summed E-state index contributed by atoms with van der Waals surface area (Å²) in [5, 5.41) is 1.63. The lowest BCUT2D eigenvalue weighted by molar-refractivity contribution is -0.440. The number of nitrogens with one attached hydrogen (secondary N) is 1. The number of carbonyl (C=O) groups excluding carboxylic acids is 2. The zero-order valence-electron chi connectivity index (χ0n) is 33.3. The Morgan fingerprint density at radius 3 is 1.21 bits per heavy atom. The number of ether oxygens (including phenoxy) is 8. The highest BCUT2D eigenvalue weighted by Crippen LogP contribution is 2.60. The molecular formula is C34H56F13NO10. The van der Waals surface area contributed by atoms with Gasteiger partial charge in [-0.1, -0.05) is 34.6 Å². The third-order valence-electron chi connectivity index (χ3n) is 8.00. The maximum absolute atomic E-state index is 13.5.